The van der Waals surface area contributed by atoms with Gasteiger partial charge in [0.1, 0.15) is 5.60 Å². The Morgan fingerprint density at radius 2 is 0.979 bits per heavy atom. The molecule has 6 nitrogen and oxygen atoms in total. The molecule has 1 heterocycles. The van der Waals surface area contributed by atoms with Crippen LogP contribution < -0.4 is 7.58 Å². The van der Waals surface area contributed by atoms with Crippen LogP contribution in [0.2, 0.25) is 0 Å². The highest BCUT2D eigenvalue weighted by molar-refractivity contribution is 6.39. The van der Waals surface area contributed by atoms with E-state index in [1.54, 1.807) is 0 Å². The molecule has 0 bridgehead atoms. The van der Waals surface area contributed by atoms with E-state index in [-0.39, 0.29) is 21.7 Å². The lowest BCUT2D eigenvalue weighted by Gasteiger charge is -2.32. The van der Waals surface area contributed by atoms with Crippen molar-refractivity contribution in [3.8, 4) is 11.5 Å². The number of ether oxygens (including phenoxy) is 1. The smallest absolute Gasteiger partial charge is 0.577 e. The molecule has 3 rings (SSSR count). The molecule has 0 unspecified atom stereocenters. The lowest BCUT2D eigenvalue weighted by molar-refractivity contribution is -0.0196. The number of rotatable bonds is 3. The van der Waals surface area contributed by atoms with Crippen LogP contribution in [0.5, 0.6) is 11.5 Å². The quantitative estimate of drug-likeness (QED) is 0.243. The van der Waals surface area contributed by atoms with Crippen LogP contribution in [0.1, 0.15) is 151 Å². The van der Waals surface area contributed by atoms with Gasteiger partial charge in [-0.3, -0.25) is 9.98 Å². The lowest BCUT2D eigenvalue weighted by atomic mass is 9.79. The van der Waals surface area contributed by atoms with E-state index in [9.17, 15) is 0 Å². The van der Waals surface area contributed by atoms with Gasteiger partial charge < -0.3 is 16.1 Å². The van der Waals surface area contributed by atoms with Gasteiger partial charge in [-0.1, -0.05) is 95.2 Å². The fourth-order valence-corrected chi connectivity index (χ4v) is 6.57. The Balaban J connectivity index is 2.42. The molecule has 0 amide bonds. The maximum Gasteiger partial charge on any atom is 1.20 e. The standard InChI is InChI=1S/C32H48N2O2.C8H16O2.Al/c1-29(2,3)23-15-21(27(35)25(17-23)31(7,8)9)19-33-13-14-34-20-22-16-24(30(4,5)6)18-26(28(22)36)32(10,11)12;1-6(2)7(9)10-8(3,4)5;/h15-20,35-36H,13-14H2,1-12H3;9H,1-5H3;/q;;+3/p-3. The van der Waals surface area contributed by atoms with E-state index in [4.69, 9.17) is 26.1 Å². The van der Waals surface area contributed by atoms with Crippen molar-refractivity contribution in [1.29, 1.82) is 0 Å². The maximum atomic E-state index is 7.10. The Kier molecular flexibility index (Phi) is 11.5. The minimum atomic E-state index is -3.10. The van der Waals surface area contributed by atoms with Crippen molar-refractivity contribution in [3.05, 3.63) is 69.2 Å². The number of nitrogens with zero attached hydrogens (tertiary/aromatic N) is 2. The molecule has 258 valence electrons. The molecule has 0 aromatic heterocycles. The summed E-state index contributed by atoms with van der Waals surface area (Å²) in [5.41, 5.74) is 6.24. The third-order valence-corrected chi connectivity index (χ3v) is 9.10. The summed E-state index contributed by atoms with van der Waals surface area (Å²) in [6.07, 6.45) is 3.86. The van der Waals surface area contributed by atoms with Gasteiger partial charge >= 0.3 is 15.1 Å². The van der Waals surface area contributed by atoms with Gasteiger partial charge in [-0.25, -0.2) is 0 Å². The summed E-state index contributed by atoms with van der Waals surface area (Å²) in [6, 6.07) is 8.94. The van der Waals surface area contributed by atoms with Gasteiger partial charge in [-0.05, 0) is 90.7 Å². The van der Waals surface area contributed by atoms with Crippen molar-refractivity contribution in [2.75, 3.05) is 13.1 Å². The number of allylic oxidation sites excluding steroid dienone is 1. The maximum absolute atomic E-state index is 7.10. The number of fused-ring (bicyclic) bond motifs is 2. The minimum Gasteiger partial charge on any atom is -0.577 e. The normalized spacial score (nSPS) is 14.9. The monoisotopic (exact) mass is 660 g/mol. The molecule has 0 radical (unpaired) electrons. The molecule has 2 aromatic rings. The van der Waals surface area contributed by atoms with Crippen molar-refractivity contribution >= 4 is 27.6 Å². The highest BCUT2D eigenvalue weighted by atomic mass is 27.3. The first-order valence-electron chi connectivity index (χ1n) is 17.0. The Hall–Kier alpha value is -2.75. The molecular formula is C40H61AlN2O4. The first-order valence-corrected chi connectivity index (χ1v) is 18.4. The first-order chi connectivity index (χ1) is 21.3. The molecule has 0 saturated carbocycles. The Bertz CT molecular complexity index is 1420. The van der Waals surface area contributed by atoms with Gasteiger partial charge in [0.2, 0.25) is 5.95 Å². The fraction of sp³-hybridized carbons (Fsp3) is 0.600. The zero-order chi connectivity index (χ0) is 35.8. The summed E-state index contributed by atoms with van der Waals surface area (Å²) in [7, 11) is 0. The number of hydrogen-bond acceptors (Lipinski definition) is 6. The molecule has 0 aliphatic carbocycles. The van der Waals surface area contributed by atoms with Gasteiger partial charge in [0, 0.05) is 29.1 Å². The molecular weight excluding hydrogens is 599 g/mol. The van der Waals surface area contributed by atoms with E-state index >= 15 is 0 Å². The molecule has 0 spiro atoms. The highest BCUT2D eigenvalue weighted by Crippen LogP contribution is 2.41. The summed E-state index contributed by atoms with van der Waals surface area (Å²) >= 11 is -3.10. The largest absolute Gasteiger partial charge is 1.20 e. The van der Waals surface area contributed by atoms with Gasteiger partial charge in [-0.15, -0.1) is 0 Å². The summed E-state index contributed by atoms with van der Waals surface area (Å²) in [6.45, 7) is 37.8. The van der Waals surface area contributed by atoms with Crippen LogP contribution in [0, 0.1) is 0 Å². The minimum absolute atomic E-state index is 0.0702. The Morgan fingerprint density at radius 1 is 0.596 bits per heavy atom. The SMILES string of the molecule is CC(C)=C([O][Al]1[O]c2c(cc(C(C)(C)C)cc2C(C)(C)C)C=NCCN=Cc2cc(C(C)(C)C)cc(C(C)(C)C)c2[O]1)OC(C)(C)C. The Morgan fingerprint density at radius 3 is 1.28 bits per heavy atom. The van der Waals surface area contributed by atoms with Crippen LogP contribution in [0.25, 0.3) is 0 Å². The van der Waals surface area contributed by atoms with Crippen LogP contribution >= 0.6 is 0 Å². The predicted molar refractivity (Wildman–Crippen MR) is 200 cm³/mol. The van der Waals surface area contributed by atoms with Gasteiger partial charge in [0.15, 0.2) is 0 Å². The zero-order valence-corrected chi connectivity index (χ0v) is 33.6. The average Bonchev–Trinajstić information content (AvgIpc) is 2.88. The van der Waals surface area contributed by atoms with E-state index in [1.807, 2.05) is 47.0 Å². The molecule has 0 saturated heterocycles. The topological polar surface area (TPSA) is 61.6 Å². The Labute approximate surface area is 291 Å². The fourth-order valence-electron chi connectivity index (χ4n) is 5.05. The molecule has 0 fully saturated rings. The average molecular weight is 661 g/mol. The summed E-state index contributed by atoms with van der Waals surface area (Å²) < 4.78 is 27.3. The first kappa shape index (κ1) is 38.7. The summed E-state index contributed by atoms with van der Waals surface area (Å²) in [4.78, 5) is 9.67. The molecule has 0 N–H and O–H groups in total. The third kappa shape index (κ3) is 10.6. The second-order valence-corrected chi connectivity index (χ2v) is 19.4. The summed E-state index contributed by atoms with van der Waals surface area (Å²) in [5, 5.41) is 0. The van der Waals surface area contributed by atoms with E-state index in [1.165, 1.54) is 11.1 Å². The predicted octanol–water partition coefficient (Wildman–Crippen LogP) is 10.3. The van der Waals surface area contributed by atoms with Crippen molar-refractivity contribution in [1.82, 2.24) is 0 Å². The van der Waals surface area contributed by atoms with Crippen molar-refractivity contribution in [3.63, 3.8) is 0 Å². The van der Waals surface area contributed by atoms with Gasteiger partial charge in [0.05, 0.1) is 24.6 Å². The second-order valence-electron chi connectivity index (χ2n) is 18.1. The van der Waals surface area contributed by atoms with Crippen molar-refractivity contribution < 1.29 is 16.1 Å². The number of aliphatic imine (C=N–C) groups is 2. The van der Waals surface area contributed by atoms with Crippen LogP contribution in [0.15, 0.2) is 45.8 Å². The van der Waals surface area contributed by atoms with Gasteiger partial charge in [0.25, 0.3) is 0 Å². The lowest BCUT2D eigenvalue weighted by Crippen LogP contribution is -2.38. The third-order valence-electron chi connectivity index (χ3n) is 7.84. The van der Waals surface area contributed by atoms with Crippen LogP contribution in [0.3, 0.4) is 0 Å². The van der Waals surface area contributed by atoms with Crippen molar-refractivity contribution in [2.24, 2.45) is 9.98 Å². The van der Waals surface area contributed by atoms with E-state index in [0.717, 1.165) is 39.3 Å². The van der Waals surface area contributed by atoms with Crippen LogP contribution in [0.4, 0.5) is 0 Å². The highest BCUT2D eigenvalue weighted by Gasteiger charge is 2.49. The van der Waals surface area contributed by atoms with Gasteiger partial charge in [-0.2, -0.15) is 0 Å². The molecule has 47 heavy (non-hydrogen) atoms. The number of hydrogen-bond donors (Lipinski definition) is 0. The number of benzene rings is 2. The second kappa shape index (κ2) is 14.0. The molecule has 0 atom stereocenters. The molecule has 2 aromatic carbocycles. The summed E-state index contributed by atoms with van der Waals surface area (Å²) in [5.74, 6) is 1.90. The van der Waals surface area contributed by atoms with E-state index in [0.29, 0.717) is 19.0 Å². The molecule has 1 aliphatic heterocycles. The van der Waals surface area contributed by atoms with E-state index in [2.05, 4.69) is 107 Å². The van der Waals surface area contributed by atoms with E-state index < -0.39 is 20.8 Å². The van der Waals surface area contributed by atoms with Crippen LogP contribution in [-0.2, 0) is 30.2 Å². The molecule has 1 aliphatic rings. The zero-order valence-electron chi connectivity index (χ0n) is 32.5. The van der Waals surface area contributed by atoms with Crippen LogP contribution in [-0.4, -0.2) is 46.3 Å². The van der Waals surface area contributed by atoms with Crippen molar-refractivity contribution in [2.45, 2.75) is 145 Å². The molecule has 7 heteroatoms.